The van der Waals surface area contributed by atoms with Crippen LogP contribution in [0, 0.1) is 13.8 Å². The van der Waals surface area contributed by atoms with E-state index in [0.29, 0.717) is 0 Å². The van der Waals surface area contributed by atoms with Crippen molar-refractivity contribution in [2.75, 3.05) is 5.01 Å². The van der Waals surface area contributed by atoms with Crippen LogP contribution in [-0.2, 0) is 0 Å². The van der Waals surface area contributed by atoms with Crippen molar-refractivity contribution in [2.24, 2.45) is 0 Å². The highest BCUT2D eigenvalue weighted by Crippen LogP contribution is 2.08. The third-order valence-corrected chi connectivity index (χ3v) is 2.39. The molecule has 0 atom stereocenters. The van der Waals surface area contributed by atoms with Gasteiger partial charge in [-0.25, -0.2) is 0 Å². The Bertz CT molecular complexity index is 445. The summed E-state index contributed by atoms with van der Waals surface area (Å²) in [6.07, 6.45) is 9.14. The molecule has 0 radical (unpaired) electrons. The SMILES string of the molecule is Cc1cc(=O)cc(C)n1N1C=CCC=C1. The van der Waals surface area contributed by atoms with Gasteiger partial charge in [0.25, 0.3) is 0 Å². The smallest absolute Gasteiger partial charge is 0.182 e. The molecule has 1 aromatic heterocycles. The van der Waals surface area contributed by atoms with Gasteiger partial charge in [-0.1, -0.05) is 12.2 Å². The van der Waals surface area contributed by atoms with E-state index >= 15 is 0 Å². The van der Waals surface area contributed by atoms with E-state index in [1.807, 2.05) is 35.9 Å². The number of allylic oxidation sites excluding steroid dienone is 2. The van der Waals surface area contributed by atoms with Crippen molar-refractivity contribution in [1.29, 1.82) is 0 Å². The van der Waals surface area contributed by atoms with Crippen LogP contribution in [0.5, 0.6) is 0 Å². The summed E-state index contributed by atoms with van der Waals surface area (Å²) >= 11 is 0. The van der Waals surface area contributed by atoms with Gasteiger partial charge in [-0.2, -0.15) is 0 Å². The fraction of sp³-hybridized carbons (Fsp3) is 0.250. The maximum atomic E-state index is 11.3. The van der Waals surface area contributed by atoms with E-state index in [4.69, 9.17) is 0 Å². The number of nitrogens with zero attached hydrogens (tertiary/aromatic N) is 2. The molecule has 0 N–H and O–H groups in total. The summed E-state index contributed by atoms with van der Waals surface area (Å²) in [4.78, 5) is 11.3. The molecule has 0 fully saturated rings. The lowest BCUT2D eigenvalue weighted by Crippen LogP contribution is -2.29. The van der Waals surface area contributed by atoms with E-state index in [-0.39, 0.29) is 5.43 Å². The topological polar surface area (TPSA) is 25.2 Å². The third kappa shape index (κ3) is 1.86. The maximum absolute atomic E-state index is 11.3. The first-order valence-electron chi connectivity index (χ1n) is 5.01. The lowest BCUT2D eigenvalue weighted by molar-refractivity contribution is 0.723. The van der Waals surface area contributed by atoms with Crippen LogP contribution in [0.4, 0.5) is 0 Å². The molecule has 3 heteroatoms. The lowest BCUT2D eigenvalue weighted by Gasteiger charge is -2.25. The van der Waals surface area contributed by atoms with Gasteiger partial charge in [0.15, 0.2) is 5.43 Å². The molecule has 78 valence electrons. The summed E-state index contributed by atoms with van der Waals surface area (Å²) in [5.74, 6) is 0. The van der Waals surface area contributed by atoms with Gasteiger partial charge < -0.3 is 0 Å². The van der Waals surface area contributed by atoms with Crippen molar-refractivity contribution in [2.45, 2.75) is 20.3 Å². The normalized spacial score (nSPS) is 14.7. The van der Waals surface area contributed by atoms with Gasteiger partial charge >= 0.3 is 0 Å². The van der Waals surface area contributed by atoms with Crippen molar-refractivity contribution >= 4 is 0 Å². The van der Waals surface area contributed by atoms with E-state index in [0.717, 1.165) is 17.8 Å². The minimum Gasteiger partial charge on any atom is -0.290 e. The van der Waals surface area contributed by atoms with E-state index < -0.39 is 0 Å². The van der Waals surface area contributed by atoms with Crippen LogP contribution in [0.25, 0.3) is 0 Å². The van der Waals surface area contributed by atoms with E-state index in [1.165, 1.54) is 0 Å². The zero-order valence-corrected chi connectivity index (χ0v) is 8.97. The molecule has 1 aliphatic heterocycles. The summed E-state index contributed by atoms with van der Waals surface area (Å²) in [6.45, 7) is 3.87. The molecule has 3 nitrogen and oxygen atoms in total. The molecule has 15 heavy (non-hydrogen) atoms. The molecule has 0 aliphatic carbocycles. The Morgan fingerprint density at radius 1 is 1.07 bits per heavy atom. The summed E-state index contributed by atoms with van der Waals surface area (Å²) in [5.41, 5.74) is 1.94. The summed E-state index contributed by atoms with van der Waals surface area (Å²) in [7, 11) is 0. The average Bonchev–Trinajstić information content (AvgIpc) is 2.17. The van der Waals surface area contributed by atoms with Gasteiger partial charge in [-0.15, -0.1) is 0 Å². The minimum atomic E-state index is 0.0613. The monoisotopic (exact) mass is 202 g/mol. The van der Waals surface area contributed by atoms with E-state index in [2.05, 4.69) is 12.2 Å². The van der Waals surface area contributed by atoms with Crippen LogP contribution >= 0.6 is 0 Å². The standard InChI is InChI=1S/C12H14N2O/c1-10-8-12(15)9-11(2)14(10)13-6-4-3-5-7-13/h4-9H,3H2,1-2H3. The molecule has 0 bridgehead atoms. The Hall–Kier alpha value is -1.77. The van der Waals surface area contributed by atoms with Gasteiger partial charge in [-0.05, 0) is 20.3 Å². The van der Waals surface area contributed by atoms with Crippen molar-refractivity contribution < 1.29 is 0 Å². The van der Waals surface area contributed by atoms with E-state index in [9.17, 15) is 4.79 Å². The highest BCUT2D eigenvalue weighted by Gasteiger charge is 2.06. The Balaban J connectivity index is 2.52. The Labute approximate surface area is 88.9 Å². The molecule has 2 rings (SSSR count). The predicted molar refractivity (Wildman–Crippen MR) is 61.3 cm³/mol. The van der Waals surface area contributed by atoms with Gasteiger partial charge in [0.2, 0.25) is 0 Å². The molecule has 0 saturated heterocycles. The first-order valence-corrected chi connectivity index (χ1v) is 5.01. The average molecular weight is 202 g/mol. The summed E-state index contributed by atoms with van der Waals surface area (Å²) in [5, 5.41) is 1.98. The van der Waals surface area contributed by atoms with Gasteiger partial charge in [0.1, 0.15) is 0 Å². The molecule has 2 heterocycles. The minimum absolute atomic E-state index is 0.0613. The van der Waals surface area contributed by atoms with Gasteiger partial charge in [-0.3, -0.25) is 14.5 Å². The fourth-order valence-corrected chi connectivity index (χ4v) is 1.82. The highest BCUT2D eigenvalue weighted by molar-refractivity contribution is 5.24. The number of hydrogen-bond acceptors (Lipinski definition) is 2. The Morgan fingerprint density at radius 2 is 1.60 bits per heavy atom. The second kappa shape index (κ2) is 3.77. The van der Waals surface area contributed by atoms with Crippen LogP contribution in [-0.4, -0.2) is 4.68 Å². The number of pyridine rings is 1. The number of hydrogen-bond donors (Lipinski definition) is 0. The summed E-state index contributed by atoms with van der Waals surface area (Å²) in [6, 6.07) is 3.28. The highest BCUT2D eigenvalue weighted by atomic mass is 16.1. The van der Waals surface area contributed by atoms with E-state index in [1.54, 1.807) is 12.1 Å². The molecule has 1 aromatic rings. The molecule has 0 unspecified atom stereocenters. The van der Waals surface area contributed by atoms with Crippen LogP contribution in [0.15, 0.2) is 41.5 Å². The number of rotatable bonds is 1. The zero-order chi connectivity index (χ0) is 10.8. The second-order valence-electron chi connectivity index (χ2n) is 3.67. The van der Waals surface area contributed by atoms with Crippen LogP contribution in [0.1, 0.15) is 17.8 Å². The number of aryl methyl sites for hydroxylation is 2. The van der Waals surface area contributed by atoms with Crippen LogP contribution in [0.3, 0.4) is 0 Å². The molecule has 0 aromatic carbocycles. The molecule has 0 saturated carbocycles. The van der Waals surface area contributed by atoms with Crippen molar-refractivity contribution in [3.63, 3.8) is 0 Å². The van der Waals surface area contributed by atoms with Crippen molar-refractivity contribution in [3.05, 3.63) is 58.3 Å². The van der Waals surface area contributed by atoms with Gasteiger partial charge in [0.05, 0.1) is 0 Å². The quantitative estimate of drug-likeness (QED) is 0.694. The zero-order valence-electron chi connectivity index (χ0n) is 8.97. The van der Waals surface area contributed by atoms with Crippen molar-refractivity contribution in [3.8, 4) is 0 Å². The number of aromatic nitrogens is 1. The molecule has 1 aliphatic rings. The molecular weight excluding hydrogens is 188 g/mol. The Kier molecular flexibility index (Phi) is 2.46. The van der Waals surface area contributed by atoms with Crippen LogP contribution < -0.4 is 10.4 Å². The first-order chi connectivity index (χ1) is 7.18. The van der Waals surface area contributed by atoms with Gasteiger partial charge in [0, 0.05) is 35.9 Å². The second-order valence-corrected chi connectivity index (χ2v) is 3.67. The van der Waals surface area contributed by atoms with Crippen LogP contribution in [0.2, 0.25) is 0 Å². The third-order valence-electron chi connectivity index (χ3n) is 2.39. The molecule has 0 spiro atoms. The maximum Gasteiger partial charge on any atom is 0.182 e. The molecular formula is C12H14N2O. The predicted octanol–water partition coefficient (Wildman–Crippen LogP) is 1.83. The first kappa shape index (κ1) is 9.77. The lowest BCUT2D eigenvalue weighted by atomic mass is 10.3. The summed E-state index contributed by atoms with van der Waals surface area (Å²) < 4.78 is 2.01. The molecule has 0 amide bonds. The van der Waals surface area contributed by atoms with Crippen molar-refractivity contribution in [1.82, 2.24) is 4.68 Å². The fourth-order valence-electron chi connectivity index (χ4n) is 1.82. The largest absolute Gasteiger partial charge is 0.290 e. The Morgan fingerprint density at radius 3 is 2.13 bits per heavy atom.